The minimum Gasteiger partial charge on any atom is -0.376 e. The lowest BCUT2D eigenvalue weighted by molar-refractivity contribution is 0.843. The van der Waals surface area contributed by atoms with Crippen molar-refractivity contribution in [1.82, 2.24) is 15.0 Å². The van der Waals surface area contributed by atoms with Gasteiger partial charge < -0.3 is 9.88 Å². The fraction of sp³-hybridized carbons (Fsp3) is 0.400. The Labute approximate surface area is 143 Å². The number of anilines is 1. The van der Waals surface area contributed by atoms with Crippen LogP contribution in [0, 0.1) is 6.92 Å². The number of aromatic amines is 1. The summed E-state index contributed by atoms with van der Waals surface area (Å²) in [6.07, 6.45) is 3.73. The largest absolute Gasteiger partial charge is 0.376 e. The van der Waals surface area contributed by atoms with Crippen LogP contribution in [0.1, 0.15) is 55.1 Å². The number of nitrogens with one attached hydrogen (secondary N) is 1. The minimum absolute atomic E-state index is 0.275. The molecule has 24 heavy (non-hydrogen) atoms. The Balaban J connectivity index is 2.19. The van der Waals surface area contributed by atoms with Gasteiger partial charge in [0, 0.05) is 31.1 Å². The second-order valence-electron chi connectivity index (χ2n) is 7.05. The first-order valence-electron chi connectivity index (χ1n) is 8.49. The van der Waals surface area contributed by atoms with Gasteiger partial charge in [0.1, 0.15) is 0 Å². The summed E-state index contributed by atoms with van der Waals surface area (Å²) >= 11 is 0. The molecule has 0 saturated heterocycles. The van der Waals surface area contributed by atoms with Crippen molar-refractivity contribution < 1.29 is 0 Å². The smallest absolute Gasteiger partial charge is 0.0925 e. The van der Waals surface area contributed by atoms with E-state index in [1.165, 1.54) is 22.2 Å². The zero-order valence-corrected chi connectivity index (χ0v) is 15.4. The number of hydrogen-bond donors (Lipinski definition) is 1. The number of benzene rings is 1. The Hall–Kier alpha value is -2.36. The van der Waals surface area contributed by atoms with E-state index in [1.807, 2.05) is 20.3 Å². The van der Waals surface area contributed by atoms with Crippen LogP contribution < -0.4 is 4.90 Å². The molecule has 1 N–H and O–H groups in total. The maximum atomic E-state index is 4.74. The zero-order valence-electron chi connectivity index (χ0n) is 15.4. The molecule has 0 spiro atoms. The molecule has 0 saturated carbocycles. The first-order valence-corrected chi connectivity index (χ1v) is 8.49. The van der Waals surface area contributed by atoms with E-state index in [1.54, 1.807) is 6.33 Å². The predicted octanol–water partition coefficient (Wildman–Crippen LogP) is 4.61. The van der Waals surface area contributed by atoms with Gasteiger partial charge in [-0.15, -0.1) is 0 Å². The Bertz CT molecular complexity index is 861. The van der Waals surface area contributed by atoms with E-state index in [9.17, 15) is 0 Å². The molecule has 4 heteroatoms. The standard InChI is InChI=1S/C20H26N4/c1-12(2)18-9-15(13(3)19-14(4)22-11-23-19)7-16-8-17(24(5)6)10-21-20(16)18/h7-13H,1-6H3,(H,22,23)/t13-/m0/s1. The van der Waals surface area contributed by atoms with E-state index in [-0.39, 0.29) is 5.92 Å². The summed E-state index contributed by atoms with van der Waals surface area (Å²) in [5.41, 5.74) is 7.08. The van der Waals surface area contributed by atoms with Gasteiger partial charge in [-0.1, -0.05) is 26.8 Å². The Morgan fingerprint density at radius 2 is 1.79 bits per heavy atom. The number of pyridine rings is 1. The maximum Gasteiger partial charge on any atom is 0.0925 e. The van der Waals surface area contributed by atoms with Gasteiger partial charge in [0.15, 0.2) is 0 Å². The normalized spacial score (nSPS) is 12.8. The number of imidazole rings is 1. The van der Waals surface area contributed by atoms with Gasteiger partial charge in [0.2, 0.25) is 0 Å². The van der Waals surface area contributed by atoms with Gasteiger partial charge in [0.05, 0.1) is 29.4 Å². The Morgan fingerprint density at radius 1 is 1.04 bits per heavy atom. The number of rotatable bonds is 4. The number of H-pyrrole nitrogens is 1. The monoisotopic (exact) mass is 322 g/mol. The van der Waals surface area contributed by atoms with Gasteiger partial charge in [-0.2, -0.15) is 0 Å². The maximum absolute atomic E-state index is 4.74. The highest BCUT2D eigenvalue weighted by molar-refractivity contribution is 5.86. The second-order valence-corrected chi connectivity index (χ2v) is 7.05. The molecule has 126 valence electrons. The molecule has 0 bridgehead atoms. The van der Waals surface area contributed by atoms with Gasteiger partial charge in [-0.25, -0.2) is 4.98 Å². The quantitative estimate of drug-likeness (QED) is 0.763. The van der Waals surface area contributed by atoms with Crippen LogP contribution in [-0.4, -0.2) is 29.0 Å². The number of nitrogens with zero attached hydrogens (tertiary/aromatic N) is 3. The van der Waals surface area contributed by atoms with E-state index in [4.69, 9.17) is 4.98 Å². The van der Waals surface area contributed by atoms with E-state index in [2.05, 4.69) is 60.8 Å². The molecule has 1 atom stereocenters. The molecule has 0 aliphatic heterocycles. The number of hydrogen-bond acceptors (Lipinski definition) is 3. The van der Waals surface area contributed by atoms with Crippen molar-refractivity contribution in [2.24, 2.45) is 0 Å². The highest BCUT2D eigenvalue weighted by atomic mass is 15.1. The molecule has 1 aromatic carbocycles. The van der Waals surface area contributed by atoms with E-state index in [0.29, 0.717) is 5.92 Å². The molecule has 0 aliphatic carbocycles. The lowest BCUT2D eigenvalue weighted by atomic mass is 9.90. The van der Waals surface area contributed by atoms with Crippen LogP contribution >= 0.6 is 0 Å². The lowest BCUT2D eigenvalue weighted by Crippen LogP contribution is -2.09. The van der Waals surface area contributed by atoms with Crippen LogP contribution in [0.25, 0.3) is 10.9 Å². The average molecular weight is 322 g/mol. The van der Waals surface area contributed by atoms with Gasteiger partial charge in [0.25, 0.3) is 0 Å². The molecule has 0 aliphatic rings. The lowest BCUT2D eigenvalue weighted by Gasteiger charge is -2.18. The molecule has 3 rings (SSSR count). The van der Waals surface area contributed by atoms with Crippen LogP contribution in [0.3, 0.4) is 0 Å². The average Bonchev–Trinajstić information content (AvgIpc) is 2.98. The van der Waals surface area contributed by atoms with E-state index in [0.717, 1.165) is 16.9 Å². The summed E-state index contributed by atoms with van der Waals surface area (Å²) in [6, 6.07) is 6.80. The number of aryl methyl sites for hydroxylation is 1. The third kappa shape index (κ3) is 2.88. The molecule has 0 unspecified atom stereocenters. The summed E-state index contributed by atoms with van der Waals surface area (Å²) in [5.74, 6) is 0.706. The third-order valence-corrected chi connectivity index (χ3v) is 4.76. The number of aromatic nitrogens is 3. The van der Waals surface area contributed by atoms with Gasteiger partial charge >= 0.3 is 0 Å². The summed E-state index contributed by atoms with van der Waals surface area (Å²) in [6.45, 7) is 8.74. The molecule has 2 aromatic heterocycles. The summed E-state index contributed by atoms with van der Waals surface area (Å²) in [5, 5.41) is 1.20. The van der Waals surface area contributed by atoms with Crippen LogP contribution in [-0.2, 0) is 0 Å². The van der Waals surface area contributed by atoms with Crippen molar-refractivity contribution in [2.45, 2.75) is 39.5 Å². The molecule has 0 amide bonds. The first kappa shape index (κ1) is 16.5. The Kier molecular flexibility index (Phi) is 4.31. The SMILES string of the molecule is Cc1nc[nH]c1[C@@H](C)c1cc(C(C)C)c2ncc(N(C)C)cc2c1. The molecule has 2 heterocycles. The van der Waals surface area contributed by atoms with Crippen LogP contribution in [0.2, 0.25) is 0 Å². The van der Waals surface area contributed by atoms with E-state index >= 15 is 0 Å². The minimum atomic E-state index is 0.275. The fourth-order valence-electron chi connectivity index (χ4n) is 3.20. The summed E-state index contributed by atoms with van der Waals surface area (Å²) < 4.78 is 0. The third-order valence-electron chi connectivity index (χ3n) is 4.76. The second kappa shape index (κ2) is 6.27. The van der Waals surface area contributed by atoms with Crippen molar-refractivity contribution in [1.29, 1.82) is 0 Å². The van der Waals surface area contributed by atoms with Crippen LogP contribution in [0.5, 0.6) is 0 Å². The highest BCUT2D eigenvalue weighted by Crippen LogP contribution is 2.33. The predicted molar refractivity (Wildman–Crippen MR) is 101 cm³/mol. The first-order chi connectivity index (χ1) is 11.4. The summed E-state index contributed by atoms with van der Waals surface area (Å²) in [4.78, 5) is 14.5. The summed E-state index contributed by atoms with van der Waals surface area (Å²) in [7, 11) is 4.10. The fourth-order valence-corrected chi connectivity index (χ4v) is 3.20. The molecule has 0 fully saturated rings. The molecule has 0 radical (unpaired) electrons. The topological polar surface area (TPSA) is 44.8 Å². The van der Waals surface area contributed by atoms with Gasteiger partial charge in [-0.3, -0.25) is 4.98 Å². The highest BCUT2D eigenvalue weighted by Gasteiger charge is 2.17. The van der Waals surface area contributed by atoms with Crippen molar-refractivity contribution in [2.75, 3.05) is 19.0 Å². The Morgan fingerprint density at radius 3 is 2.38 bits per heavy atom. The molecular formula is C20H26N4. The van der Waals surface area contributed by atoms with Crippen LogP contribution in [0.4, 0.5) is 5.69 Å². The van der Waals surface area contributed by atoms with Crippen molar-refractivity contribution in [3.05, 3.63) is 53.2 Å². The van der Waals surface area contributed by atoms with E-state index < -0.39 is 0 Å². The van der Waals surface area contributed by atoms with Crippen molar-refractivity contribution >= 4 is 16.6 Å². The van der Waals surface area contributed by atoms with Crippen LogP contribution in [0.15, 0.2) is 30.7 Å². The van der Waals surface area contributed by atoms with Gasteiger partial charge in [-0.05, 0) is 36.1 Å². The van der Waals surface area contributed by atoms with Crippen molar-refractivity contribution in [3.63, 3.8) is 0 Å². The number of fused-ring (bicyclic) bond motifs is 1. The molecule has 3 aromatic rings. The molecular weight excluding hydrogens is 296 g/mol. The zero-order chi connectivity index (χ0) is 17.4. The molecule has 4 nitrogen and oxygen atoms in total. The van der Waals surface area contributed by atoms with Crippen molar-refractivity contribution in [3.8, 4) is 0 Å².